The molecule has 0 aliphatic heterocycles. The van der Waals surface area contributed by atoms with Gasteiger partial charge in [0.05, 0.1) is 18.8 Å². The van der Waals surface area contributed by atoms with Crippen LogP contribution in [0.4, 0.5) is 0 Å². The molecule has 0 spiro atoms. The summed E-state index contributed by atoms with van der Waals surface area (Å²) in [6.45, 7) is 7.54. The number of hydrogen-bond acceptors (Lipinski definition) is 5. The highest BCUT2D eigenvalue weighted by molar-refractivity contribution is 14.0. The number of benzene rings is 1. The van der Waals surface area contributed by atoms with Gasteiger partial charge in [-0.3, -0.25) is 0 Å². The first-order valence-corrected chi connectivity index (χ1v) is 11.0. The van der Waals surface area contributed by atoms with Crippen LogP contribution >= 0.6 is 46.7 Å². The molecule has 0 aliphatic carbocycles. The molecule has 1 aromatic carbocycles. The van der Waals surface area contributed by atoms with E-state index in [-0.39, 0.29) is 24.0 Å². The van der Waals surface area contributed by atoms with Gasteiger partial charge >= 0.3 is 0 Å². The Morgan fingerprint density at radius 2 is 1.97 bits per heavy atom. The van der Waals surface area contributed by atoms with Crippen molar-refractivity contribution < 1.29 is 5.11 Å². The fourth-order valence-electron chi connectivity index (χ4n) is 2.70. The monoisotopic (exact) mass is 542 g/mol. The smallest absolute Gasteiger partial charge is 0.191 e. The van der Waals surface area contributed by atoms with Crippen LogP contribution in [0.15, 0.2) is 52.2 Å². The number of thiophene rings is 1. The van der Waals surface area contributed by atoms with Crippen molar-refractivity contribution in [2.45, 2.75) is 32.9 Å². The highest BCUT2D eigenvalue weighted by atomic mass is 127. The molecule has 0 saturated heterocycles. The van der Waals surface area contributed by atoms with Gasteiger partial charge in [-0.15, -0.1) is 35.3 Å². The molecule has 0 bridgehead atoms. The van der Waals surface area contributed by atoms with E-state index < -0.39 is 5.60 Å². The van der Waals surface area contributed by atoms with E-state index in [1.165, 1.54) is 0 Å². The largest absolute Gasteiger partial charge is 0.384 e. The van der Waals surface area contributed by atoms with Crippen LogP contribution < -0.4 is 10.6 Å². The van der Waals surface area contributed by atoms with Crippen LogP contribution in [0.25, 0.3) is 10.6 Å². The number of guanidine groups is 1. The molecule has 156 valence electrons. The van der Waals surface area contributed by atoms with Crippen LogP contribution in [0.2, 0.25) is 0 Å². The Bertz CT molecular complexity index is 908. The van der Waals surface area contributed by atoms with Gasteiger partial charge in [-0.1, -0.05) is 30.3 Å². The summed E-state index contributed by atoms with van der Waals surface area (Å²) in [5, 5.41) is 22.2. The third kappa shape index (κ3) is 6.50. The number of thiazole rings is 1. The molecule has 0 fully saturated rings. The van der Waals surface area contributed by atoms with E-state index >= 15 is 0 Å². The molecule has 0 amide bonds. The Balaban J connectivity index is 0.00000300. The van der Waals surface area contributed by atoms with Gasteiger partial charge < -0.3 is 15.7 Å². The number of nitrogens with zero attached hydrogens (tertiary/aromatic N) is 2. The van der Waals surface area contributed by atoms with Crippen LogP contribution in [0.3, 0.4) is 0 Å². The maximum Gasteiger partial charge on any atom is 0.191 e. The summed E-state index contributed by atoms with van der Waals surface area (Å²) < 4.78 is 0. The first kappa shape index (κ1) is 23.8. The zero-order valence-electron chi connectivity index (χ0n) is 16.8. The van der Waals surface area contributed by atoms with Crippen molar-refractivity contribution in [3.8, 4) is 10.6 Å². The lowest BCUT2D eigenvalue weighted by molar-refractivity contribution is 0.0621. The topological polar surface area (TPSA) is 69.5 Å². The first-order valence-electron chi connectivity index (χ1n) is 9.28. The molecule has 0 aliphatic rings. The maximum atomic E-state index is 10.7. The average Bonchev–Trinajstić information content (AvgIpc) is 3.35. The van der Waals surface area contributed by atoms with E-state index in [0.29, 0.717) is 19.0 Å². The summed E-state index contributed by atoms with van der Waals surface area (Å²) in [6.07, 6.45) is 0. The lowest BCUT2D eigenvalue weighted by atomic mass is 9.99. The molecule has 3 aromatic rings. The second-order valence-corrected chi connectivity index (χ2v) is 8.59. The van der Waals surface area contributed by atoms with Crippen LogP contribution in [0.1, 0.15) is 30.0 Å². The SMILES string of the molecule is CCNC(=NCc1sc(-c2ccccc2)nc1C)NCC(C)(O)c1ccsc1.I. The zero-order valence-corrected chi connectivity index (χ0v) is 20.8. The van der Waals surface area contributed by atoms with Crippen LogP contribution in [-0.2, 0) is 12.1 Å². The summed E-state index contributed by atoms with van der Waals surface area (Å²) in [4.78, 5) is 10.5. The van der Waals surface area contributed by atoms with E-state index in [9.17, 15) is 5.11 Å². The van der Waals surface area contributed by atoms with Crippen molar-refractivity contribution in [3.63, 3.8) is 0 Å². The number of aliphatic imine (C=N–C) groups is 1. The van der Waals surface area contributed by atoms with E-state index in [2.05, 4.69) is 22.8 Å². The third-order valence-electron chi connectivity index (χ3n) is 4.38. The fraction of sp³-hybridized carbons (Fsp3) is 0.333. The Morgan fingerprint density at radius 1 is 1.21 bits per heavy atom. The van der Waals surface area contributed by atoms with Crippen molar-refractivity contribution in [1.82, 2.24) is 15.6 Å². The van der Waals surface area contributed by atoms with Gasteiger partial charge in [-0.2, -0.15) is 11.3 Å². The lowest BCUT2D eigenvalue weighted by Crippen LogP contribution is -2.44. The quantitative estimate of drug-likeness (QED) is 0.229. The average molecular weight is 543 g/mol. The third-order valence-corrected chi connectivity index (χ3v) is 6.26. The Morgan fingerprint density at radius 3 is 2.62 bits per heavy atom. The van der Waals surface area contributed by atoms with Gasteiger partial charge in [0, 0.05) is 17.0 Å². The molecule has 3 N–H and O–H groups in total. The van der Waals surface area contributed by atoms with Crippen LogP contribution in [0, 0.1) is 6.92 Å². The van der Waals surface area contributed by atoms with Crippen molar-refractivity contribution in [2.75, 3.05) is 13.1 Å². The Kier molecular flexibility index (Phi) is 9.06. The number of nitrogens with one attached hydrogen (secondary N) is 2. The molecular formula is C21H27IN4OS2. The summed E-state index contributed by atoms with van der Waals surface area (Å²) in [6, 6.07) is 12.1. The van der Waals surface area contributed by atoms with Gasteiger partial charge in [-0.25, -0.2) is 9.98 Å². The van der Waals surface area contributed by atoms with Gasteiger partial charge in [0.2, 0.25) is 0 Å². The summed E-state index contributed by atoms with van der Waals surface area (Å²) in [5.41, 5.74) is 2.10. The van der Waals surface area contributed by atoms with E-state index in [0.717, 1.165) is 33.3 Å². The first-order chi connectivity index (χ1) is 13.5. The van der Waals surface area contributed by atoms with E-state index in [1.807, 2.05) is 55.8 Å². The summed E-state index contributed by atoms with van der Waals surface area (Å²) in [7, 11) is 0. The minimum absolute atomic E-state index is 0. The Labute approximate surface area is 197 Å². The molecule has 1 unspecified atom stereocenters. The van der Waals surface area contributed by atoms with Crippen molar-refractivity contribution in [1.29, 1.82) is 0 Å². The Hall–Kier alpha value is -1.49. The fourth-order valence-corrected chi connectivity index (χ4v) is 4.48. The molecule has 5 nitrogen and oxygen atoms in total. The number of rotatable bonds is 7. The molecule has 1 atom stereocenters. The number of hydrogen-bond donors (Lipinski definition) is 3. The second-order valence-electron chi connectivity index (χ2n) is 6.73. The van der Waals surface area contributed by atoms with Crippen molar-refractivity contribution in [3.05, 3.63) is 63.3 Å². The van der Waals surface area contributed by atoms with E-state index in [1.54, 1.807) is 22.7 Å². The van der Waals surface area contributed by atoms with Gasteiger partial charge in [-0.05, 0) is 43.2 Å². The highest BCUT2D eigenvalue weighted by Gasteiger charge is 2.23. The molecular weight excluding hydrogens is 515 g/mol. The van der Waals surface area contributed by atoms with Crippen molar-refractivity contribution in [2.24, 2.45) is 4.99 Å². The molecule has 3 rings (SSSR count). The second kappa shape index (κ2) is 11.1. The minimum Gasteiger partial charge on any atom is -0.384 e. The molecule has 29 heavy (non-hydrogen) atoms. The van der Waals surface area contributed by atoms with Crippen LogP contribution in [-0.4, -0.2) is 29.1 Å². The lowest BCUT2D eigenvalue weighted by Gasteiger charge is -2.24. The van der Waals surface area contributed by atoms with Crippen LogP contribution in [0.5, 0.6) is 0 Å². The predicted octanol–water partition coefficient (Wildman–Crippen LogP) is 4.76. The number of aromatic nitrogens is 1. The standard InChI is InChI=1S/C21H26N4OS2.HI/c1-4-22-20(24-14-21(3,26)17-10-11-27-13-17)23-12-18-15(2)25-19(28-18)16-8-6-5-7-9-16;/h5-11,13,26H,4,12,14H2,1-3H3,(H2,22,23,24);1H. The van der Waals surface area contributed by atoms with E-state index in [4.69, 9.17) is 9.98 Å². The van der Waals surface area contributed by atoms with Gasteiger partial charge in [0.15, 0.2) is 5.96 Å². The molecule has 2 heterocycles. The number of halogens is 1. The maximum absolute atomic E-state index is 10.7. The van der Waals surface area contributed by atoms with Gasteiger partial charge in [0.1, 0.15) is 10.6 Å². The minimum atomic E-state index is -0.947. The molecule has 2 aromatic heterocycles. The molecule has 8 heteroatoms. The van der Waals surface area contributed by atoms with Gasteiger partial charge in [0.25, 0.3) is 0 Å². The zero-order chi connectivity index (χ0) is 20.0. The highest BCUT2D eigenvalue weighted by Crippen LogP contribution is 2.28. The molecule has 0 saturated carbocycles. The molecule has 0 radical (unpaired) electrons. The van der Waals surface area contributed by atoms with Crippen molar-refractivity contribution >= 4 is 52.6 Å². The number of aliphatic hydroxyl groups is 1. The summed E-state index contributed by atoms with van der Waals surface area (Å²) in [5.74, 6) is 0.687. The normalized spacial score (nSPS) is 13.4. The number of aryl methyl sites for hydroxylation is 1. The predicted molar refractivity (Wildman–Crippen MR) is 134 cm³/mol. The summed E-state index contributed by atoms with van der Waals surface area (Å²) >= 11 is 3.25.